The van der Waals surface area contributed by atoms with E-state index in [-0.39, 0.29) is 12.5 Å². The van der Waals surface area contributed by atoms with Crippen LogP contribution >= 0.6 is 0 Å². The SMILES string of the molecule is N#Cc1ccc(OCC(=O)NCc2ccc(C[NH+]3CCCC3)cc2)cc1. The number of quaternary nitrogens is 1. The van der Waals surface area contributed by atoms with Crippen LogP contribution in [0.1, 0.15) is 29.5 Å². The van der Waals surface area contributed by atoms with E-state index >= 15 is 0 Å². The molecule has 26 heavy (non-hydrogen) atoms. The Morgan fingerprint density at radius 3 is 2.35 bits per heavy atom. The lowest BCUT2D eigenvalue weighted by atomic mass is 10.1. The summed E-state index contributed by atoms with van der Waals surface area (Å²) in [6.07, 6.45) is 2.67. The van der Waals surface area contributed by atoms with E-state index in [4.69, 9.17) is 10.00 Å². The van der Waals surface area contributed by atoms with E-state index in [1.807, 2.05) is 6.07 Å². The Hall–Kier alpha value is -2.84. The van der Waals surface area contributed by atoms with E-state index in [2.05, 4.69) is 29.6 Å². The number of nitriles is 1. The molecular weight excluding hydrogens is 326 g/mol. The van der Waals surface area contributed by atoms with Gasteiger partial charge in [-0.3, -0.25) is 4.79 Å². The molecular formula is C21H24N3O2+. The van der Waals surface area contributed by atoms with Crippen LogP contribution in [0.5, 0.6) is 5.75 Å². The van der Waals surface area contributed by atoms with Crippen LogP contribution in [0.2, 0.25) is 0 Å². The van der Waals surface area contributed by atoms with Crippen molar-refractivity contribution >= 4 is 5.91 Å². The number of hydrogen-bond donors (Lipinski definition) is 2. The van der Waals surface area contributed by atoms with E-state index in [1.54, 1.807) is 29.2 Å². The van der Waals surface area contributed by atoms with Crippen molar-refractivity contribution in [2.24, 2.45) is 0 Å². The number of carbonyl (C=O) groups is 1. The molecule has 3 rings (SSSR count). The highest BCUT2D eigenvalue weighted by molar-refractivity contribution is 5.77. The number of carbonyl (C=O) groups excluding carboxylic acids is 1. The minimum Gasteiger partial charge on any atom is -0.484 e. The van der Waals surface area contributed by atoms with Crippen LogP contribution in [0, 0.1) is 11.3 Å². The lowest BCUT2D eigenvalue weighted by Crippen LogP contribution is -3.08. The molecule has 5 nitrogen and oxygen atoms in total. The van der Waals surface area contributed by atoms with Gasteiger partial charge in [0, 0.05) is 24.9 Å². The van der Waals surface area contributed by atoms with Gasteiger partial charge in [-0.1, -0.05) is 24.3 Å². The maximum atomic E-state index is 11.9. The molecule has 2 aromatic rings. The second-order valence-corrected chi connectivity index (χ2v) is 6.65. The van der Waals surface area contributed by atoms with Crippen LogP contribution in [0.4, 0.5) is 0 Å². The molecule has 2 N–H and O–H groups in total. The molecule has 0 saturated carbocycles. The molecule has 5 heteroatoms. The summed E-state index contributed by atoms with van der Waals surface area (Å²) in [5, 5.41) is 11.6. The Balaban J connectivity index is 1.40. The molecule has 1 heterocycles. The van der Waals surface area contributed by atoms with E-state index < -0.39 is 0 Å². The summed E-state index contributed by atoms with van der Waals surface area (Å²) in [7, 11) is 0. The lowest BCUT2D eigenvalue weighted by molar-refractivity contribution is -0.901. The van der Waals surface area contributed by atoms with E-state index in [0.29, 0.717) is 17.9 Å². The van der Waals surface area contributed by atoms with Gasteiger partial charge in [-0.05, 0) is 29.8 Å². The predicted molar refractivity (Wildman–Crippen MR) is 98.6 cm³/mol. The number of ether oxygens (including phenoxy) is 1. The summed E-state index contributed by atoms with van der Waals surface area (Å²) < 4.78 is 5.42. The maximum Gasteiger partial charge on any atom is 0.258 e. The van der Waals surface area contributed by atoms with Gasteiger partial charge in [-0.2, -0.15) is 5.26 Å². The summed E-state index contributed by atoms with van der Waals surface area (Å²) in [6.45, 7) is 4.09. The molecule has 0 aliphatic carbocycles. The van der Waals surface area contributed by atoms with Crippen LogP contribution in [0.15, 0.2) is 48.5 Å². The molecule has 0 spiro atoms. The zero-order chi connectivity index (χ0) is 18.2. The summed E-state index contributed by atoms with van der Waals surface area (Å²) in [4.78, 5) is 13.6. The van der Waals surface area contributed by atoms with Gasteiger partial charge in [0.2, 0.25) is 0 Å². The third-order valence-electron chi connectivity index (χ3n) is 4.63. The molecule has 0 atom stereocenters. The van der Waals surface area contributed by atoms with Gasteiger partial charge in [0.25, 0.3) is 5.91 Å². The minimum absolute atomic E-state index is 0.0394. The Labute approximate surface area is 154 Å². The molecule has 0 unspecified atom stereocenters. The molecule has 134 valence electrons. The summed E-state index contributed by atoms with van der Waals surface area (Å²) in [6, 6.07) is 17.2. The number of hydrogen-bond acceptors (Lipinski definition) is 3. The van der Waals surface area contributed by atoms with Crippen molar-refractivity contribution in [1.29, 1.82) is 5.26 Å². The molecule has 0 aromatic heterocycles. The first-order valence-corrected chi connectivity index (χ1v) is 9.04. The highest BCUT2D eigenvalue weighted by Crippen LogP contribution is 2.11. The second-order valence-electron chi connectivity index (χ2n) is 6.65. The van der Waals surface area contributed by atoms with Gasteiger partial charge >= 0.3 is 0 Å². The van der Waals surface area contributed by atoms with Crippen LogP contribution in [0.3, 0.4) is 0 Å². The second kappa shape index (κ2) is 9.02. The summed E-state index contributed by atoms with van der Waals surface area (Å²) in [5.74, 6) is 0.410. The van der Waals surface area contributed by atoms with E-state index in [9.17, 15) is 4.79 Å². The molecule has 1 fully saturated rings. The van der Waals surface area contributed by atoms with Gasteiger partial charge in [0.05, 0.1) is 24.7 Å². The molecule has 1 amide bonds. The van der Waals surface area contributed by atoms with Crippen LogP contribution in [-0.2, 0) is 17.9 Å². The smallest absolute Gasteiger partial charge is 0.258 e. The van der Waals surface area contributed by atoms with Crippen LogP contribution < -0.4 is 15.0 Å². The fourth-order valence-corrected chi connectivity index (χ4v) is 3.14. The first-order valence-electron chi connectivity index (χ1n) is 9.04. The maximum absolute atomic E-state index is 11.9. The average molecular weight is 350 g/mol. The third kappa shape index (κ3) is 5.33. The van der Waals surface area contributed by atoms with Crippen molar-refractivity contribution in [1.82, 2.24) is 5.32 Å². The monoisotopic (exact) mass is 350 g/mol. The normalized spacial score (nSPS) is 14.0. The Morgan fingerprint density at radius 2 is 1.69 bits per heavy atom. The first kappa shape index (κ1) is 18.0. The highest BCUT2D eigenvalue weighted by atomic mass is 16.5. The van der Waals surface area contributed by atoms with E-state index in [0.717, 1.165) is 12.1 Å². The van der Waals surface area contributed by atoms with Gasteiger partial charge in [0.1, 0.15) is 12.3 Å². The van der Waals surface area contributed by atoms with Gasteiger partial charge in [-0.15, -0.1) is 0 Å². The molecule has 0 bridgehead atoms. The number of amides is 1. The Kier molecular flexibility index (Phi) is 6.24. The molecule has 2 aromatic carbocycles. The van der Waals surface area contributed by atoms with Crippen LogP contribution in [-0.4, -0.2) is 25.6 Å². The third-order valence-corrected chi connectivity index (χ3v) is 4.63. The standard InChI is InChI=1S/C21H23N3O2/c22-13-17-7-9-20(10-8-17)26-16-21(25)23-14-18-3-5-19(6-4-18)15-24-11-1-2-12-24/h3-10H,1-2,11-12,14-16H2,(H,23,25)/p+1. The van der Waals surface area contributed by atoms with Gasteiger partial charge in [0.15, 0.2) is 6.61 Å². The number of rotatable bonds is 7. The van der Waals surface area contributed by atoms with E-state index in [1.165, 1.54) is 31.5 Å². The van der Waals surface area contributed by atoms with Gasteiger partial charge < -0.3 is 15.0 Å². The number of nitrogens with zero attached hydrogens (tertiary/aromatic N) is 1. The number of nitrogens with one attached hydrogen (secondary N) is 2. The molecule has 1 saturated heterocycles. The predicted octanol–water partition coefficient (Wildman–Crippen LogP) is 1.43. The number of likely N-dealkylation sites (tertiary alicyclic amines) is 1. The van der Waals surface area contributed by atoms with Gasteiger partial charge in [-0.25, -0.2) is 0 Å². The van der Waals surface area contributed by atoms with Crippen molar-refractivity contribution in [2.75, 3.05) is 19.7 Å². The highest BCUT2D eigenvalue weighted by Gasteiger charge is 2.15. The fraction of sp³-hybridized carbons (Fsp3) is 0.333. The van der Waals surface area contributed by atoms with Crippen molar-refractivity contribution in [3.05, 3.63) is 65.2 Å². The summed E-state index contributed by atoms with van der Waals surface area (Å²) >= 11 is 0. The largest absolute Gasteiger partial charge is 0.484 e. The summed E-state index contributed by atoms with van der Waals surface area (Å²) in [5.41, 5.74) is 3.00. The van der Waals surface area contributed by atoms with Crippen molar-refractivity contribution in [3.63, 3.8) is 0 Å². The Morgan fingerprint density at radius 1 is 1.04 bits per heavy atom. The Bertz CT molecular complexity index is 757. The van der Waals surface area contributed by atoms with Crippen molar-refractivity contribution in [2.45, 2.75) is 25.9 Å². The average Bonchev–Trinajstić information content (AvgIpc) is 3.19. The zero-order valence-corrected chi connectivity index (χ0v) is 14.8. The van der Waals surface area contributed by atoms with Crippen molar-refractivity contribution < 1.29 is 14.4 Å². The first-order chi connectivity index (χ1) is 12.7. The minimum atomic E-state index is -0.167. The fourth-order valence-electron chi connectivity index (χ4n) is 3.14. The molecule has 0 radical (unpaired) electrons. The topological polar surface area (TPSA) is 66.6 Å². The lowest BCUT2D eigenvalue weighted by Gasteiger charge is -2.12. The van der Waals surface area contributed by atoms with Crippen molar-refractivity contribution in [3.8, 4) is 11.8 Å². The molecule has 1 aliphatic rings. The molecule has 1 aliphatic heterocycles. The number of benzene rings is 2. The zero-order valence-electron chi connectivity index (χ0n) is 14.8. The van der Waals surface area contributed by atoms with Crippen LogP contribution in [0.25, 0.3) is 0 Å². The quantitative estimate of drug-likeness (QED) is 0.794.